The minimum Gasteiger partial charge on any atom is -0.359 e. The van der Waals surface area contributed by atoms with Gasteiger partial charge in [-0.3, -0.25) is 4.98 Å². The van der Waals surface area contributed by atoms with Crippen molar-refractivity contribution in [2.24, 2.45) is 0 Å². The molecule has 1 rings (SSSR count). The molecule has 0 aliphatic rings. The van der Waals surface area contributed by atoms with Crippen LogP contribution in [0.3, 0.4) is 0 Å². The summed E-state index contributed by atoms with van der Waals surface area (Å²) in [5.41, 5.74) is 0.794. The number of alkyl halides is 3. The molecule has 0 saturated carbocycles. The second-order valence-corrected chi connectivity index (χ2v) is 3.77. The lowest BCUT2D eigenvalue weighted by atomic mass is 10.1. The number of hydrogen-bond acceptors (Lipinski definition) is 3. The third-order valence-electron chi connectivity index (χ3n) is 2.31. The highest BCUT2D eigenvalue weighted by Gasteiger charge is 2.32. The standard InChI is InChI=1S/C13H14F3N3/c1-3-11(19-9(2)6-7-17)10-4-5-12(18-8-10)13(14,15)16/h3-5,7-8,17,19H,2,6H2,1H3/b11-3-,17-7?. The third-order valence-corrected chi connectivity index (χ3v) is 2.31. The number of nitrogens with one attached hydrogen (secondary N) is 2. The van der Waals surface area contributed by atoms with E-state index in [-0.39, 0.29) is 0 Å². The van der Waals surface area contributed by atoms with Crippen molar-refractivity contribution >= 4 is 11.9 Å². The van der Waals surface area contributed by atoms with E-state index in [0.717, 1.165) is 12.3 Å². The van der Waals surface area contributed by atoms with Gasteiger partial charge in [0, 0.05) is 35.8 Å². The fourth-order valence-electron chi connectivity index (χ4n) is 1.40. The lowest BCUT2D eigenvalue weighted by Crippen LogP contribution is -2.13. The van der Waals surface area contributed by atoms with Gasteiger partial charge in [0.1, 0.15) is 5.69 Å². The number of hydrogen-bond donors (Lipinski definition) is 2. The molecule has 0 unspecified atom stereocenters. The van der Waals surface area contributed by atoms with E-state index in [4.69, 9.17) is 5.41 Å². The molecule has 0 spiro atoms. The molecule has 19 heavy (non-hydrogen) atoms. The minimum absolute atomic E-state index is 0.353. The Morgan fingerprint density at radius 3 is 2.58 bits per heavy atom. The van der Waals surface area contributed by atoms with Crippen LogP contribution >= 0.6 is 0 Å². The van der Waals surface area contributed by atoms with Gasteiger partial charge in [0.15, 0.2) is 0 Å². The average molecular weight is 269 g/mol. The minimum atomic E-state index is -4.44. The summed E-state index contributed by atoms with van der Waals surface area (Å²) >= 11 is 0. The third kappa shape index (κ3) is 4.24. The molecule has 0 amide bonds. The fourth-order valence-corrected chi connectivity index (χ4v) is 1.40. The van der Waals surface area contributed by atoms with Crippen molar-refractivity contribution in [3.05, 3.63) is 47.9 Å². The maximum atomic E-state index is 12.4. The van der Waals surface area contributed by atoms with Crippen molar-refractivity contribution in [1.82, 2.24) is 10.3 Å². The van der Waals surface area contributed by atoms with E-state index in [9.17, 15) is 13.2 Å². The molecule has 0 radical (unpaired) electrons. The van der Waals surface area contributed by atoms with Gasteiger partial charge >= 0.3 is 6.18 Å². The topological polar surface area (TPSA) is 48.8 Å². The molecule has 0 atom stereocenters. The Balaban J connectivity index is 2.89. The number of allylic oxidation sites excluding steroid dienone is 2. The number of aromatic nitrogens is 1. The summed E-state index contributed by atoms with van der Waals surface area (Å²) in [5, 5.41) is 9.89. The average Bonchev–Trinajstić information content (AvgIpc) is 2.35. The summed E-state index contributed by atoms with van der Waals surface area (Å²) < 4.78 is 37.1. The second kappa shape index (κ2) is 6.17. The van der Waals surface area contributed by atoms with E-state index in [2.05, 4.69) is 16.9 Å². The molecule has 0 saturated heterocycles. The zero-order chi connectivity index (χ0) is 14.5. The Morgan fingerprint density at radius 1 is 1.47 bits per heavy atom. The Labute approximate surface area is 109 Å². The van der Waals surface area contributed by atoms with Gasteiger partial charge in [0.05, 0.1) is 0 Å². The van der Waals surface area contributed by atoms with Crippen LogP contribution in [0.15, 0.2) is 36.7 Å². The van der Waals surface area contributed by atoms with Crippen LogP contribution in [0, 0.1) is 5.41 Å². The van der Waals surface area contributed by atoms with Crippen LogP contribution in [0.2, 0.25) is 0 Å². The van der Waals surface area contributed by atoms with E-state index < -0.39 is 11.9 Å². The number of pyridine rings is 1. The Morgan fingerprint density at radius 2 is 2.16 bits per heavy atom. The molecule has 1 aromatic heterocycles. The van der Waals surface area contributed by atoms with Crippen molar-refractivity contribution < 1.29 is 13.2 Å². The van der Waals surface area contributed by atoms with Crippen LogP contribution in [0.4, 0.5) is 13.2 Å². The normalized spacial score (nSPS) is 12.1. The van der Waals surface area contributed by atoms with Crippen LogP contribution in [0.5, 0.6) is 0 Å². The molecule has 2 N–H and O–H groups in total. The molecule has 0 aliphatic heterocycles. The van der Waals surface area contributed by atoms with Crippen LogP contribution in [0.25, 0.3) is 5.70 Å². The first kappa shape index (κ1) is 14.9. The van der Waals surface area contributed by atoms with Gasteiger partial charge in [-0.05, 0) is 19.1 Å². The zero-order valence-corrected chi connectivity index (χ0v) is 10.4. The van der Waals surface area contributed by atoms with Gasteiger partial charge in [-0.15, -0.1) is 0 Å². The number of halogens is 3. The highest BCUT2D eigenvalue weighted by Crippen LogP contribution is 2.27. The molecule has 0 aliphatic carbocycles. The van der Waals surface area contributed by atoms with Crippen molar-refractivity contribution in [2.45, 2.75) is 19.5 Å². The molecule has 0 bridgehead atoms. The Hall–Kier alpha value is -2.11. The molecule has 3 nitrogen and oxygen atoms in total. The zero-order valence-electron chi connectivity index (χ0n) is 10.4. The lowest BCUT2D eigenvalue weighted by Gasteiger charge is -2.12. The van der Waals surface area contributed by atoms with Crippen LogP contribution in [0.1, 0.15) is 24.6 Å². The number of rotatable bonds is 5. The van der Waals surface area contributed by atoms with Crippen LogP contribution in [-0.4, -0.2) is 11.2 Å². The molecule has 1 heterocycles. The highest BCUT2D eigenvalue weighted by atomic mass is 19.4. The van der Waals surface area contributed by atoms with E-state index in [1.807, 2.05) is 0 Å². The van der Waals surface area contributed by atoms with Gasteiger partial charge in [0.25, 0.3) is 0 Å². The molecule has 0 fully saturated rings. The summed E-state index contributed by atoms with van der Waals surface area (Å²) in [7, 11) is 0. The van der Waals surface area contributed by atoms with Gasteiger partial charge in [-0.1, -0.05) is 12.7 Å². The summed E-state index contributed by atoms with van der Waals surface area (Å²) in [6.07, 6.45) is -0.0346. The predicted octanol–water partition coefficient (Wildman–Crippen LogP) is 3.60. The summed E-state index contributed by atoms with van der Waals surface area (Å²) in [6.45, 7) is 5.46. The van der Waals surface area contributed by atoms with Crippen molar-refractivity contribution in [1.29, 1.82) is 5.41 Å². The van der Waals surface area contributed by atoms with Crippen molar-refractivity contribution in [3.8, 4) is 0 Å². The lowest BCUT2D eigenvalue weighted by molar-refractivity contribution is -0.141. The first-order valence-electron chi connectivity index (χ1n) is 5.52. The van der Waals surface area contributed by atoms with Crippen LogP contribution in [-0.2, 0) is 6.18 Å². The molecule has 102 valence electrons. The van der Waals surface area contributed by atoms with E-state index in [1.54, 1.807) is 13.0 Å². The SMILES string of the molecule is C=C(CC=N)N/C(=C\C)c1ccc(C(F)(F)F)nc1. The number of nitrogens with zero attached hydrogens (tertiary/aromatic N) is 1. The largest absolute Gasteiger partial charge is 0.433 e. The van der Waals surface area contributed by atoms with Crippen molar-refractivity contribution in [3.63, 3.8) is 0 Å². The quantitative estimate of drug-likeness (QED) is 0.802. The summed E-state index contributed by atoms with van der Waals surface area (Å²) in [4.78, 5) is 3.39. The Kier molecular flexibility index (Phi) is 4.86. The summed E-state index contributed by atoms with van der Waals surface area (Å²) in [6, 6.07) is 2.27. The second-order valence-electron chi connectivity index (χ2n) is 3.77. The smallest absolute Gasteiger partial charge is 0.359 e. The molecule has 1 aromatic rings. The van der Waals surface area contributed by atoms with Gasteiger partial charge in [-0.2, -0.15) is 13.2 Å². The molecule has 6 heteroatoms. The van der Waals surface area contributed by atoms with E-state index >= 15 is 0 Å². The van der Waals surface area contributed by atoms with Gasteiger partial charge in [0.2, 0.25) is 0 Å². The summed E-state index contributed by atoms with van der Waals surface area (Å²) in [5.74, 6) is 0. The molecular weight excluding hydrogens is 255 g/mol. The molecular formula is C13H14F3N3. The van der Waals surface area contributed by atoms with Crippen LogP contribution < -0.4 is 5.32 Å². The maximum absolute atomic E-state index is 12.4. The first-order valence-corrected chi connectivity index (χ1v) is 5.52. The fraction of sp³-hybridized carbons (Fsp3) is 0.231. The van der Waals surface area contributed by atoms with Crippen molar-refractivity contribution in [2.75, 3.05) is 0 Å². The monoisotopic (exact) mass is 269 g/mol. The highest BCUT2D eigenvalue weighted by molar-refractivity contribution is 5.66. The van der Waals surface area contributed by atoms with E-state index in [1.165, 1.54) is 12.3 Å². The van der Waals surface area contributed by atoms with Gasteiger partial charge < -0.3 is 10.7 Å². The molecule has 0 aromatic carbocycles. The van der Waals surface area contributed by atoms with E-state index in [0.29, 0.717) is 23.4 Å². The first-order chi connectivity index (χ1) is 8.88. The maximum Gasteiger partial charge on any atom is 0.433 e. The Bertz CT molecular complexity index is 487. The predicted molar refractivity (Wildman–Crippen MR) is 68.6 cm³/mol. The van der Waals surface area contributed by atoms with Gasteiger partial charge in [-0.25, -0.2) is 0 Å².